The van der Waals surface area contributed by atoms with Gasteiger partial charge in [-0.05, 0) is 25.3 Å². The van der Waals surface area contributed by atoms with Gasteiger partial charge in [0.05, 0.1) is 0 Å². The standard InChI is InChI=1S/C15H24O6/c16-13(17)9-7-5-3-1-2-4-6-8-11-15(20,21)12-10-14(18)19/h7,9-10,12,20-21H,1-6,8,11H2,(H,16,17)(H,18,19). The fourth-order valence-electron chi connectivity index (χ4n) is 1.83. The Morgan fingerprint density at radius 2 is 1.33 bits per heavy atom. The van der Waals surface area contributed by atoms with Gasteiger partial charge in [-0.3, -0.25) is 0 Å². The summed E-state index contributed by atoms with van der Waals surface area (Å²) < 4.78 is 0. The minimum absolute atomic E-state index is 0.109. The van der Waals surface area contributed by atoms with Gasteiger partial charge in [0.15, 0.2) is 5.79 Å². The summed E-state index contributed by atoms with van der Waals surface area (Å²) in [6.45, 7) is 0. The van der Waals surface area contributed by atoms with E-state index in [1.807, 2.05) is 0 Å². The van der Waals surface area contributed by atoms with Crippen molar-refractivity contribution in [2.75, 3.05) is 0 Å². The average molecular weight is 300 g/mol. The molecule has 0 aliphatic heterocycles. The van der Waals surface area contributed by atoms with E-state index in [0.29, 0.717) is 6.42 Å². The van der Waals surface area contributed by atoms with Gasteiger partial charge in [-0.2, -0.15) is 0 Å². The van der Waals surface area contributed by atoms with Gasteiger partial charge in [-0.1, -0.05) is 31.8 Å². The molecule has 0 amide bonds. The fraction of sp³-hybridized carbons (Fsp3) is 0.600. The highest BCUT2D eigenvalue weighted by atomic mass is 16.5. The number of carboxylic acids is 2. The molecule has 6 nitrogen and oxygen atoms in total. The summed E-state index contributed by atoms with van der Waals surface area (Å²) in [5, 5.41) is 35.7. The fourth-order valence-corrected chi connectivity index (χ4v) is 1.83. The van der Waals surface area contributed by atoms with Crippen molar-refractivity contribution < 1.29 is 30.0 Å². The van der Waals surface area contributed by atoms with E-state index >= 15 is 0 Å². The molecule has 0 aromatic carbocycles. The molecule has 0 aliphatic rings. The lowest BCUT2D eigenvalue weighted by Crippen LogP contribution is -2.25. The molecule has 0 aromatic heterocycles. The van der Waals surface area contributed by atoms with Gasteiger partial charge >= 0.3 is 11.9 Å². The van der Waals surface area contributed by atoms with Crippen LogP contribution in [0.25, 0.3) is 0 Å². The number of hydrogen-bond acceptors (Lipinski definition) is 4. The minimum atomic E-state index is -2.06. The Morgan fingerprint density at radius 3 is 1.90 bits per heavy atom. The van der Waals surface area contributed by atoms with Crippen LogP contribution in [0.3, 0.4) is 0 Å². The van der Waals surface area contributed by atoms with Crippen molar-refractivity contribution in [2.45, 2.75) is 57.2 Å². The van der Waals surface area contributed by atoms with Crippen molar-refractivity contribution in [3.8, 4) is 0 Å². The molecule has 0 spiro atoms. The number of hydrogen-bond donors (Lipinski definition) is 4. The average Bonchev–Trinajstić information content (AvgIpc) is 2.38. The summed E-state index contributed by atoms with van der Waals surface area (Å²) in [7, 11) is 0. The van der Waals surface area contributed by atoms with Crippen molar-refractivity contribution in [1.82, 2.24) is 0 Å². The van der Waals surface area contributed by atoms with E-state index in [2.05, 4.69) is 0 Å². The summed E-state index contributed by atoms with van der Waals surface area (Å²) in [5.74, 6) is -4.19. The molecule has 0 aliphatic carbocycles. The summed E-state index contributed by atoms with van der Waals surface area (Å²) >= 11 is 0. The molecule has 0 saturated heterocycles. The predicted molar refractivity (Wildman–Crippen MR) is 77.7 cm³/mol. The molecule has 0 unspecified atom stereocenters. The molecule has 21 heavy (non-hydrogen) atoms. The lowest BCUT2D eigenvalue weighted by Gasteiger charge is -2.16. The van der Waals surface area contributed by atoms with Gasteiger partial charge in [-0.15, -0.1) is 0 Å². The topological polar surface area (TPSA) is 115 Å². The van der Waals surface area contributed by atoms with Crippen LogP contribution in [0.5, 0.6) is 0 Å². The molecule has 0 bridgehead atoms. The zero-order chi connectivity index (χ0) is 16.1. The Labute approximate surface area is 124 Å². The molecule has 0 rings (SSSR count). The Bertz CT molecular complexity index is 370. The third kappa shape index (κ3) is 14.6. The van der Waals surface area contributed by atoms with Gasteiger partial charge in [0.1, 0.15) is 0 Å². The Kier molecular flexibility index (Phi) is 10.2. The summed E-state index contributed by atoms with van der Waals surface area (Å²) in [6.07, 6.45) is 10.6. The normalized spacial score (nSPS) is 12.3. The SMILES string of the molecule is O=C(O)C=CCCCCCCCCC(O)(O)C=CC(=O)O. The van der Waals surface area contributed by atoms with Crippen LogP contribution in [0.1, 0.15) is 51.4 Å². The smallest absolute Gasteiger partial charge is 0.328 e. The first-order valence-corrected chi connectivity index (χ1v) is 7.10. The van der Waals surface area contributed by atoms with Crippen LogP contribution in [0.4, 0.5) is 0 Å². The Hall–Kier alpha value is -1.66. The highest BCUT2D eigenvalue weighted by Gasteiger charge is 2.18. The number of aliphatic carboxylic acids is 2. The third-order valence-electron chi connectivity index (χ3n) is 2.92. The molecular weight excluding hydrogens is 276 g/mol. The molecule has 0 aromatic rings. The monoisotopic (exact) mass is 300 g/mol. The molecule has 0 heterocycles. The second kappa shape index (κ2) is 11.0. The largest absolute Gasteiger partial charge is 0.478 e. The first kappa shape index (κ1) is 19.3. The van der Waals surface area contributed by atoms with E-state index in [4.69, 9.17) is 10.2 Å². The van der Waals surface area contributed by atoms with E-state index in [0.717, 1.165) is 56.8 Å². The van der Waals surface area contributed by atoms with Crippen molar-refractivity contribution in [3.05, 3.63) is 24.3 Å². The number of carboxylic acid groups (broad SMARTS) is 2. The number of allylic oxidation sites excluding steroid dienone is 1. The van der Waals surface area contributed by atoms with E-state index < -0.39 is 17.7 Å². The van der Waals surface area contributed by atoms with Crippen LogP contribution >= 0.6 is 0 Å². The van der Waals surface area contributed by atoms with Crippen molar-refractivity contribution in [3.63, 3.8) is 0 Å². The molecule has 0 fully saturated rings. The van der Waals surface area contributed by atoms with Crippen LogP contribution in [-0.2, 0) is 9.59 Å². The minimum Gasteiger partial charge on any atom is -0.478 e. The maximum Gasteiger partial charge on any atom is 0.328 e. The number of aliphatic hydroxyl groups is 2. The Morgan fingerprint density at radius 1 is 0.810 bits per heavy atom. The van der Waals surface area contributed by atoms with Crippen molar-refractivity contribution in [2.24, 2.45) is 0 Å². The van der Waals surface area contributed by atoms with Crippen molar-refractivity contribution in [1.29, 1.82) is 0 Å². The first-order chi connectivity index (χ1) is 9.83. The van der Waals surface area contributed by atoms with Gasteiger partial charge in [0.25, 0.3) is 0 Å². The number of unbranched alkanes of at least 4 members (excludes halogenated alkanes) is 6. The highest BCUT2D eigenvalue weighted by molar-refractivity contribution is 5.80. The second-order valence-corrected chi connectivity index (χ2v) is 4.95. The van der Waals surface area contributed by atoms with Crippen LogP contribution in [0.2, 0.25) is 0 Å². The molecule has 120 valence electrons. The lowest BCUT2D eigenvalue weighted by molar-refractivity contribution is -0.134. The van der Waals surface area contributed by atoms with Crippen LogP contribution in [0.15, 0.2) is 24.3 Å². The van der Waals surface area contributed by atoms with Gasteiger partial charge < -0.3 is 20.4 Å². The van der Waals surface area contributed by atoms with Gasteiger partial charge in [0, 0.05) is 18.6 Å². The maximum absolute atomic E-state index is 10.3. The molecule has 0 saturated carbocycles. The zero-order valence-electron chi connectivity index (χ0n) is 12.1. The van der Waals surface area contributed by atoms with Crippen molar-refractivity contribution >= 4 is 11.9 Å². The molecule has 6 heteroatoms. The zero-order valence-corrected chi connectivity index (χ0v) is 12.1. The Balaban J connectivity index is 3.51. The quantitative estimate of drug-likeness (QED) is 0.249. The molecule has 0 atom stereocenters. The molecular formula is C15H24O6. The predicted octanol–water partition coefficient (Wildman–Crippen LogP) is 2.07. The lowest BCUT2D eigenvalue weighted by atomic mass is 10.0. The second-order valence-electron chi connectivity index (χ2n) is 4.95. The first-order valence-electron chi connectivity index (χ1n) is 7.10. The van der Waals surface area contributed by atoms with E-state index in [-0.39, 0.29) is 6.42 Å². The molecule has 0 radical (unpaired) electrons. The van der Waals surface area contributed by atoms with E-state index in [9.17, 15) is 19.8 Å². The third-order valence-corrected chi connectivity index (χ3v) is 2.92. The van der Waals surface area contributed by atoms with E-state index in [1.165, 1.54) is 0 Å². The number of carbonyl (C=O) groups is 2. The van der Waals surface area contributed by atoms with Crippen LogP contribution in [-0.4, -0.2) is 38.2 Å². The molecule has 4 N–H and O–H groups in total. The van der Waals surface area contributed by atoms with Crippen LogP contribution in [0, 0.1) is 0 Å². The summed E-state index contributed by atoms with van der Waals surface area (Å²) in [6, 6.07) is 0. The number of rotatable bonds is 12. The van der Waals surface area contributed by atoms with E-state index in [1.54, 1.807) is 6.08 Å². The highest BCUT2D eigenvalue weighted by Crippen LogP contribution is 2.15. The van der Waals surface area contributed by atoms with Gasteiger partial charge in [0.2, 0.25) is 0 Å². The van der Waals surface area contributed by atoms with Crippen LogP contribution < -0.4 is 0 Å². The summed E-state index contributed by atoms with van der Waals surface area (Å²) in [5.41, 5.74) is 0. The maximum atomic E-state index is 10.3. The summed E-state index contributed by atoms with van der Waals surface area (Å²) in [4.78, 5) is 20.5. The van der Waals surface area contributed by atoms with Gasteiger partial charge in [-0.25, -0.2) is 9.59 Å².